The molecule has 0 spiro atoms. The molecule has 1 N–H and O–H groups in total. The van der Waals surface area contributed by atoms with Crippen molar-refractivity contribution in [3.8, 4) is 0 Å². The van der Waals surface area contributed by atoms with Crippen molar-refractivity contribution in [1.82, 2.24) is 9.97 Å². The summed E-state index contributed by atoms with van der Waals surface area (Å²) in [6.07, 6.45) is 2.96. The summed E-state index contributed by atoms with van der Waals surface area (Å²) in [6.45, 7) is 8.67. The Morgan fingerprint density at radius 2 is 1.72 bits per heavy atom. The molecular formula is C29H31ClN4O4S. The number of hydrogen-bond donors (Lipinski definition) is 1. The Bertz CT molecular complexity index is 1530. The van der Waals surface area contributed by atoms with E-state index in [2.05, 4.69) is 48.2 Å². The second-order valence-electron chi connectivity index (χ2n) is 10.1. The van der Waals surface area contributed by atoms with Gasteiger partial charge in [-0.3, -0.25) is 4.79 Å². The standard InChI is InChI=1S/C29H31ClN4O4S/c1-5-39(36,37)28-31-17-25(26(33-28)27(35)32-23-14-12-22(30)13-15-23)34(19-24-7-6-16-38-24)18-20-8-10-21(11-9-20)29(2,3)4/h6-17H,5,18-19H2,1-4H3,(H,32,35). The molecule has 0 aliphatic rings. The molecular weight excluding hydrogens is 536 g/mol. The number of aromatic nitrogens is 2. The minimum Gasteiger partial charge on any atom is -0.467 e. The van der Waals surface area contributed by atoms with Gasteiger partial charge >= 0.3 is 0 Å². The van der Waals surface area contributed by atoms with Crippen LogP contribution in [0.1, 0.15) is 55.1 Å². The maximum absolute atomic E-state index is 13.5. The SMILES string of the molecule is CCS(=O)(=O)c1ncc(N(Cc2ccc(C(C)(C)C)cc2)Cc2ccco2)c(C(=O)Nc2ccc(Cl)cc2)n1. The van der Waals surface area contributed by atoms with Crippen LogP contribution < -0.4 is 10.2 Å². The van der Waals surface area contributed by atoms with Crippen LogP contribution >= 0.6 is 11.6 Å². The van der Waals surface area contributed by atoms with Gasteiger partial charge in [-0.05, 0) is 52.9 Å². The average Bonchev–Trinajstić information content (AvgIpc) is 3.42. The van der Waals surface area contributed by atoms with Gasteiger partial charge in [0.1, 0.15) is 5.76 Å². The fraction of sp³-hybridized carbons (Fsp3) is 0.276. The van der Waals surface area contributed by atoms with Crippen molar-refractivity contribution in [2.24, 2.45) is 0 Å². The maximum atomic E-state index is 13.5. The number of rotatable bonds is 9. The van der Waals surface area contributed by atoms with Gasteiger partial charge in [-0.1, -0.05) is 63.6 Å². The number of nitrogens with zero attached hydrogens (tertiary/aromatic N) is 3. The number of hydrogen-bond acceptors (Lipinski definition) is 7. The number of carbonyl (C=O) groups excluding carboxylic acids is 1. The quantitative estimate of drug-likeness (QED) is 0.238. The highest BCUT2D eigenvalue weighted by molar-refractivity contribution is 7.91. The Morgan fingerprint density at radius 1 is 1.03 bits per heavy atom. The maximum Gasteiger partial charge on any atom is 0.276 e. The largest absolute Gasteiger partial charge is 0.467 e. The van der Waals surface area contributed by atoms with E-state index in [-0.39, 0.29) is 16.9 Å². The van der Waals surface area contributed by atoms with Crippen LogP contribution in [-0.4, -0.2) is 30.0 Å². The summed E-state index contributed by atoms with van der Waals surface area (Å²) >= 11 is 5.98. The monoisotopic (exact) mass is 566 g/mol. The number of halogens is 1. The molecule has 2 aromatic heterocycles. The summed E-state index contributed by atoms with van der Waals surface area (Å²) in [5, 5.41) is 2.91. The van der Waals surface area contributed by atoms with Gasteiger partial charge in [0, 0.05) is 17.3 Å². The van der Waals surface area contributed by atoms with E-state index in [1.54, 1.807) is 36.6 Å². The first-order valence-corrected chi connectivity index (χ1v) is 14.5. The zero-order valence-electron chi connectivity index (χ0n) is 22.3. The topological polar surface area (TPSA) is 105 Å². The smallest absolute Gasteiger partial charge is 0.276 e. The molecule has 1 amide bonds. The number of amides is 1. The number of benzene rings is 2. The van der Waals surface area contributed by atoms with Crippen LogP contribution in [0.15, 0.2) is 82.7 Å². The predicted octanol–water partition coefficient (Wildman–Crippen LogP) is 6.27. The average molecular weight is 567 g/mol. The molecule has 0 aliphatic heterocycles. The third-order valence-electron chi connectivity index (χ3n) is 6.18. The van der Waals surface area contributed by atoms with E-state index in [0.29, 0.717) is 35.2 Å². The first-order chi connectivity index (χ1) is 18.5. The van der Waals surface area contributed by atoms with Gasteiger partial charge in [-0.2, -0.15) is 0 Å². The van der Waals surface area contributed by atoms with Crippen LogP contribution in [0.5, 0.6) is 0 Å². The van der Waals surface area contributed by atoms with Crippen molar-refractivity contribution in [3.63, 3.8) is 0 Å². The van der Waals surface area contributed by atoms with E-state index >= 15 is 0 Å². The highest BCUT2D eigenvalue weighted by atomic mass is 35.5. The highest BCUT2D eigenvalue weighted by Crippen LogP contribution is 2.27. The van der Waals surface area contributed by atoms with Crippen LogP contribution in [0, 0.1) is 0 Å². The highest BCUT2D eigenvalue weighted by Gasteiger charge is 2.25. The molecule has 204 valence electrons. The van der Waals surface area contributed by atoms with E-state index in [1.807, 2.05) is 23.1 Å². The fourth-order valence-corrected chi connectivity index (χ4v) is 4.74. The first kappa shape index (κ1) is 28.3. The minimum atomic E-state index is -3.76. The van der Waals surface area contributed by atoms with Crippen LogP contribution in [0.4, 0.5) is 11.4 Å². The van der Waals surface area contributed by atoms with Crippen LogP contribution in [0.2, 0.25) is 5.02 Å². The number of sulfone groups is 1. The lowest BCUT2D eigenvalue weighted by atomic mass is 9.87. The first-order valence-electron chi connectivity index (χ1n) is 12.5. The molecule has 0 bridgehead atoms. The zero-order chi connectivity index (χ0) is 28.2. The molecule has 2 aromatic carbocycles. The second kappa shape index (κ2) is 11.6. The van der Waals surface area contributed by atoms with Gasteiger partial charge in [0.05, 0.1) is 30.4 Å². The third-order valence-corrected chi connectivity index (χ3v) is 7.95. The Morgan fingerprint density at radius 3 is 2.31 bits per heavy atom. The van der Waals surface area contributed by atoms with E-state index in [1.165, 1.54) is 18.7 Å². The van der Waals surface area contributed by atoms with Crippen LogP contribution in [0.25, 0.3) is 0 Å². The van der Waals surface area contributed by atoms with Gasteiger partial charge < -0.3 is 14.6 Å². The molecule has 10 heteroatoms. The number of anilines is 2. The van der Waals surface area contributed by atoms with E-state index in [4.69, 9.17) is 16.0 Å². The lowest BCUT2D eigenvalue weighted by molar-refractivity contribution is 0.102. The van der Waals surface area contributed by atoms with E-state index < -0.39 is 20.9 Å². The van der Waals surface area contributed by atoms with Crippen molar-refractivity contribution in [1.29, 1.82) is 0 Å². The van der Waals surface area contributed by atoms with Crippen molar-refractivity contribution < 1.29 is 17.6 Å². The normalized spacial score (nSPS) is 11.8. The molecule has 0 atom stereocenters. The molecule has 8 nitrogen and oxygen atoms in total. The van der Waals surface area contributed by atoms with E-state index in [0.717, 1.165) is 5.56 Å². The van der Waals surface area contributed by atoms with E-state index in [9.17, 15) is 13.2 Å². The number of carbonyl (C=O) groups is 1. The molecule has 39 heavy (non-hydrogen) atoms. The molecule has 2 heterocycles. The summed E-state index contributed by atoms with van der Waals surface area (Å²) in [4.78, 5) is 23.8. The Hall–Kier alpha value is -3.69. The predicted molar refractivity (Wildman–Crippen MR) is 153 cm³/mol. The van der Waals surface area contributed by atoms with Gasteiger partial charge in [-0.15, -0.1) is 0 Å². The van der Waals surface area contributed by atoms with Crippen LogP contribution in [-0.2, 0) is 28.3 Å². The van der Waals surface area contributed by atoms with Gasteiger partial charge in [0.25, 0.3) is 5.91 Å². The van der Waals surface area contributed by atoms with Crippen molar-refractivity contribution in [2.45, 2.75) is 51.4 Å². The Kier molecular flexibility index (Phi) is 8.42. The Labute approximate surface area is 234 Å². The van der Waals surface area contributed by atoms with Gasteiger partial charge in [0.15, 0.2) is 5.69 Å². The van der Waals surface area contributed by atoms with Gasteiger partial charge in [0.2, 0.25) is 15.0 Å². The summed E-state index contributed by atoms with van der Waals surface area (Å²) < 4.78 is 30.8. The molecule has 0 saturated heterocycles. The van der Waals surface area contributed by atoms with Gasteiger partial charge in [-0.25, -0.2) is 18.4 Å². The zero-order valence-corrected chi connectivity index (χ0v) is 23.9. The third kappa shape index (κ3) is 7.04. The Balaban J connectivity index is 1.77. The molecule has 0 aliphatic carbocycles. The molecule has 0 unspecified atom stereocenters. The minimum absolute atomic E-state index is 0.00769. The number of nitrogens with one attached hydrogen (secondary N) is 1. The lowest BCUT2D eigenvalue weighted by Crippen LogP contribution is -2.27. The molecule has 4 rings (SSSR count). The van der Waals surface area contributed by atoms with Crippen LogP contribution in [0.3, 0.4) is 0 Å². The molecule has 4 aromatic rings. The van der Waals surface area contributed by atoms with Crippen molar-refractivity contribution >= 4 is 38.7 Å². The molecule has 0 fully saturated rings. The fourth-order valence-electron chi connectivity index (χ4n) is 3.91. The van der Waals surface area contributed by atoms with Crippen molar-refractivity contribution in [3.05, 3.63) is 101 Å². The molecule has 0 radical (unpaired) electrons. The number of furan rings is 1. The second-order valence-corrected chi connectivity index (χ2v) is 12.7. The summed E-state index contributed by atoms with van der Waals surface area (Å²) in [5.74, 6) is -0.105. The molecule has 0 saturated carbocycles. The summed E-state index contributed by atoms with van der Waals surface area (Å²) in [6, 6.07) is 18.5. The summed E-state index contributed by atoms with van der Waals surface area (Å²) in [5.41, 5.74) is 2.99. The lowest BCUT2D eigenvalue weighted by Gasteiger charge is -2.26. The summed E-state index contributed by atoms with van der Waals surface area (Å²) in [7, 11) is -3.76. The van der Waals surface area contributed by atoms with Crippen molar-refractivity contribution in [2.75, 3.05) is 16.0 Å².